The van der Waals surface area contributed by atoms with Crippen LogP contribution >= 0.6 is 0 Å². The Morgan fingerprint density at radius 2 is 2.17 bits per heavy atom. The molecule has 0 atom stereocenters. The molecule has 2 N–H and O–H groups in total. The van der Waals surface area contributed by atoms with E-state index in [0.717, 1.165) is 25.3 Å². The number of aromatic nitrogens is 1. The fourth-order valence-electron chi connectivity index (χ4n) is 2.28. The molecule has 1 aliphatic rings. The van der Waals surface area contributed by atoms with Crippen LogP contribution in [0.1, 0.15) is 42.5 Å². The van der Waals surface area contributed by atoms with E-state index in [9.17, 15) is 14.3 Å². The van der Waals surface area contributed by atoms with Crippen molar-refractivity contribution >= 4 is 5.91 Å². The van der Waals surface area contributed by atoms with Gasteiger partial charge in [-0.3, -0.25) is 4.79 Å². The van der Waals surface area contributed by atoms with E-state index in [1.54, 1.807) is 0 Å². The Morgan fingerprint density at radius 1 is 1.44 bits per heavy atom. The third-order valence-electron chi connectivity index (χ3n) is 3.35. The van der Waals surface area contributed by atoms with E-state index in [2.05, 4.69) is 10.3 Å². The third kappa shape index (κ3) is 3.26. The lowest BCUT2D eigenvalue weighted by atomic mass is 9.85. The summed E-state index contributed by atoms with van der Waals surface area (Å²) in [5.41, 5.74) is -0.582. The number of pyridine rings is 1. The van der Waals surface area contributed by atoms with Crippen LogP contribution in [0.2, 0.25) is 0 Å². The molecule has 98 valence electrons. The van der Waals surface area contributed by atoms with Crippen LogP contribution in [-0.2, 0) is 0 Å². The normalized spacial score (nSPS) is 18.3. The second-order valence-electron chi connectivity index (χ2n) is 4.83. The summed E-state index contributed by atoms with van der Waals surface area (Å²) in [7, 11) is 0. The first kappa shape index (κ1) is 13.0. The van der Waals surface area contributed by atoms with Gasteiger partial charge in [0.2, 0.25) is 5.95 Å². The number of rotatable bonds is 3. The molecule has 0 aliphatic heterocycles. The predicted octanol–water partition coefficient (Wildman–Crippen LogP) is 1.65. The molecule has 0 radical (unpaired) electrons. The number of carbonyl (C=O) groups is 1. The molecule has 1 aromatic heterocycles. The Bertz CT molecular complexity index is 431. The van der Waals surface area contributed by atoms with Gasteiger partial charge in [-0.25, -0.2) is 4.98 Å². The lowest BCUT2D eigenvalue weighted by molar-refractivity contribution is 0.00525. The second kappa shape index (κ2) is 5.44. The van der Waals surface area contributed by atoms with E-state index in [0.29, 0.717) is 12.8 Å². The number of hydrogen-bond acceptors (Lipinski definition) is 3. The van der Waals surface area contributed by atoms with Gasteiger partial charge in [0, 0.05) is 24.4 Å². The lowest BCUT2D eigenvalue weighted by Gasteiger charge is -2.32. The van der Waals surface area contributed by atoms with Gasteiger partial charge in [-0.1, -0.05) is 19.3 Å². The maximum Gasteiger partial charge on any atom is 0.251 e. The van der Waals surface area contributed by atoms with E-state index >= 15 is 0 Å². The zero-order chi connectivity index (χ0) is 13.0. The van der Waals surface area contributed by atoms with Gasteiger partial charge in [0.05, 0.1) is 5.60 Å². The van der Waals surface area contributed by atoms with E-state index in [1.807, 2.05) is 0 Å². The predicted molar refractivity (Wildman–Crippen MR) is 64.6 cm³/mol. The van der Waals surface area contributed by atoms with Crippen LogP contribution in [0.15, 0.2) is 18.3 Å². The first-order chi connectivity index (χ1) is 8.59. The smallest absolute Gasteiger partial charge is 0.251 e. The molecule has 0 aromatic carbocycles. The van der Waals surface area contributed by atoms with Crippen molar-refractivity contribution < 1.29 is 14.3 Å². The summed E-state index contributed by atoms with van der Waals surface area (Å²) in [6.45, 7) is 0.218. The second-order valence-corrected chi connectivity index (χ2v) is 4.83. The van der Waals surface area contributed by atoms with Gasteiger partial charge in [-0.05, 0) is 18.9 Å². The number of halogens is 1. The van der Waals surface area contributed by atoms with Gasteiger partial charge in [0.15, 0.2) is 0 Å². The molecular formula is C13H17FN2O2. The van der Waals surface area contributed by atoms with Crippen molar-refractivity contribution in [3.63, 3.8) is 0 Å². The Kier molecular flexibility index (Phi) is 3.91. The number of nitrogens with one attached hydrogen (secondary N) is 1. The fourth-order valence-corrected chi connectivity index (χ4v) is 2.28. The third-order valence-corrected chi connectivity index (χ3v) is 3.35. The number of hydrogen-bond donors (Lipinski definition) is 2. The van der Waals surface area contributed by atoms with E-state index in [-0.39, 0.29) is 18.0 Å². The lowest BCUT2D eigenvalue weighted by Crippen LogP contribution is -2.44. The van der Waals surface area contributed by atoms with Gasteiger partial charge in [0.25, 0.3) is 5.91 Å². The molecule has 5 heteroatoms. The number of aliphatic hydroxyl groups is 1. The monoisotopic (exact) mass is 252 g/mol. The van der Waals surface area contributed by atoms with Crippen LogP contribution in [-0.4, -0.2) is 28.1 Å². The highest BCUT2D eigenvalue weighted by Crippen LogP contribution is 2.27. The van der Waals surface area contributed by atoms with Gasteiger partial charge < -0.3 is 10.4 Å². The summed E-state index contributed by atoms with van der Waals surface area (Å²) in [6, 6.07) is 2.53. The highest BCUT2D eigenvalue weighted by atomic mass is 19.1. The van der Waals surface area contributed by atoms with Crippen LogP contribution in [0.4, 0.5) is 4.39 Å². The Labute approximate surface area is 105 Å². The van der Waals surface area contributed by atoms with Crippen molar-refractivity contribution in [2.24, 2.45) is 0 Å². The molecular weight excluding hydrogens is 235 g/mol. The maximum atomic E-state index is 12.9. The molecule has 1 saturated carbocycles. The summed E-state index contributed by atoms with van der Waals surface area (Å²) in [6.07, 6.45) is 5.76. The quantitative estimate of drug-likeness (QED) is 0.804. The molecule has 1 aromatic rings. The van der Waals surface area contributed by atoms with Crippen molar-refractivity contribution in [3.05, 3.63) is 29.8 Å². The summed E-state index contributed by atoms with van der Waals surface area (Å²) >= 11 is 0. The van der Waals surface area contributed by atoms with Gasteiger partial charge in [-0.15, -0.1) is 0 Å². The largest absolute Gasteiger partial charge is 0.388 e. The number of carbonyl (C=O) groups excluding carboxylic acids is 1. The minimum atomic E-state index is -0.806. The molecule has 0 bridgehead atoms. The molecule has 1 aliphatic carbocycles. The summed E-state index contributed by atoms with van der Waals surface area (Å²) in [4.78, 5) is 15.2. The molecule has 0 saturated heterocycles. The van der Waals surface area contributed by atoms with Crippen molar-refractivity contribution in [2.75, 3.05) is 6.54 Å². The summed E-state index contributed by atoms with van der Waals surface area (Å²) in [5.74, 6) is -1.06. The summed E-state index contributed by atoms with van der Waals surface area (Å²) < 4.78 is 12.9. The van der Waals surface area contributed by atoms with Crippen LogP contribution in [0.5, 0.6) is 0 Å². The molecule has 1 amide bonds. The highest BCUT2D eigenvalue weighted by Gasteiger charge is 2.29. The first-order valence-electron chi connectivity index (χ1n) is 6.21. The fraction of sp³-hybridized carbons (Fsp3) is 0.538. The van der Waals surface area contributed by atoms with Gasteiger partial charge in [0.1, 0.15) is 0 Å². The Hall–Kier alpha value is -1.49. The average molecular weight is 252 g/mol. The van der Waals surface area contributed by atoms with Gasteiger partial charge >= 0.3 is 0 Å². The Morgan fingerprint density at radius 3 is 2.83 bits per heavy atom. The van der Waals surface area contributed by atoms with Crippen molar-refractivity contribution in [1.82, 2.24) is 10.3 Å². The number of nitrogens with zero attached hydrogens (tertiary/aromatic N) is 1. The van der Waals surface area contributed by atoms with Crippen molar-refractivity contribution in [2.45, 2.75) is 37.7 Å². The van der Waals surface area contributed by atoms with Crippen LogP contribution in [0.3, 0.4) is 0 Å². The van der Waals surface area contributed by atoms with Crippen molar-refractivity contribution in [3.8, 4) is 0 Å². The average Bonchev–Trinajstić information content (AvgIpc) is 2.37. The van der Waals surface area contributed by atoms with E-state index in [4.69, 9.17) is 0 Å². The maximum absolute atomic E-state index is 12.9. The molecule has 18 heavy (non-hydrogen) atoms. The Balaban J connectivity index is 1.92. The molecule has 2 rings (SSSR count). The SMILES string of the molecule is O=C(NCC1(O)CCCCC1)c1ccnc(F)c1. The van der Waals surface area contributed by atoms with Crippen LogP contribution < -0.4 is 5.32 Å². The molecule has 1 fully saturated rings. The van der Waals surface area contributed by atoms with Crippen molar-refractivity contribution in [1.29, 1.82) is 0 Å². The van der Waals surface area contributed by atoms with Crippen LogP contribution in [0, 0.1) is 5.95 Å². The molecule has 0 spiro atoms. The molecule has 1 heterocycles. The van der Waals surface area contributed by atoms with Gasteiger partial charge in [-0.2, -0.15) is 4.39 Å². The molecule has 4 nitrogen and oxygen atoms in total. The zero-order valence-electron chi connectivity index (χ0n) is 10.2. The number of amides is 1. The van der Waals surface area contributed by atoms with E-state index in [1.165, 1.54) is 12.3 Å². The highest BCUT2D eigenvalue weighted by molar-refractivity contribution is 5.94. The summed E-state index contributed by atoms with van der Waals surface area (Å²) in [5, 5.41) is 12.9. The van der Waals surface area contributed by atoms with Crippen LogP contribution in [0.25, 0.3) is 0 Å². The minimum absolute atomic E-state index is 0.218. The first-order valence-corrected chi connectivity index (χ1v) is 6.21. The van der Waals surface area contributed by atoms with E-state index < -0.39 is 11.5 Å². The minimum Gasteiger partial charge on any atom is -0.388 e. The topological polar surface area (TPSA) is 62.2 Å². The standard InChI is InChI=1S/C13H17FN2O2/c14-11-8-10(4-7-15-11)12(17)16-9-13(18)5-2-1-3-6-13/h4,7-8,18H,1-3,5-6,9H2,(H,16,17). The molecule has 0 unspecified atom stereocenters. The zero-order valence-corrected chi connectivity index (χ0v) is 10.2.